The number of benzene rings is 2. The molecule has 0 aliphatic rings. The molecule has 0 atom stereocenters. The van der Waals surface area contributed by atoms with E-state index < -0.39 is 0 Å². The number of ketones is 1. The zero-order valence-electron chi connectivity index (χ0n) is 12.0. The molecule has 0 aliphatic carbocycles. The van der Waals surface area contributed by atoms with E-state index in [4.69, 9.17) is 11.6 Å². The maximum absolute atomic E-state index is 12.0. The Hall–Kier alpha value is -1.65. The lowest BCUT2D eigenvalue weighted by Gasteiger charge is -2.07. The normalized spacial score (nSPS) is 10.3. The quantitative estimate of drug-likeness (QED) is 0.741. The molecule has 22 heavy (non-hydrogen) atoms. The largest absolute Gasteiger partial charge is 0.326 e. The van der Waals surface area contributed by atoms with E-state index in [9.17, 15) is 9.59 Å². The number of anilines is 1. The van der Waals surface area contributed by atoms with E-state index in [1.165, 1.54) is 0 Å². The van der Waals surface area contributed by atoms with Gasteiger partial charge in [0, 0.05) is 33.6 Å². The van der Waals surface area contributed by atoms with Crippen molar-refractivity contribution in [1.29, 1.82) is 0 Å². The van der Waals surface area contributed by atoms with Gasteiger partial charge in [-0.25, -0.2) is 0 Å². The molecule has 0 aromatic heterocycles. The molecule has 1 amide bonds. The van der Waals surface area contributed by atoms with E-state index in [1.54, 1.807) is 24.3 Å². The predicted octanol–water partition coefficient (Wildman–Crippen LogP) is 5.01. The number of carbonyl (C=O) groups excluding carboxylic acids is 2. The van der Waals surface area contributed by atoms with Crippen LogP contribution in [0.3, 0.4) is 0 Å². The van der Waals surface area contributed by atoms with Gasteiger partial charge in [0.15, 0.2) is 5.78 Å². The van der Waals surface area contributed by atoms with Crippen LogP contribution in [-0.4, -0.2) is 11.7 Å². The molecule has 114 valence electrons. The maximum atomic E-state index is 12.0. The first-order valence-electron chi connectivity index (χ1n) is 6.80. The van der Waals surface area contributed by atoms with Crippen molar-refractivity contribution in [1.82, 2.24) is 0 Å². The van der Waals surface area contributed by atoms with Crippen LogP contribution in [0.5, 0.6) is 0 Å². The number of hydrogen-bond acceptors (Lipinski definition) is 2. The average Bonchev–Trinajstić information content (AvgIpc) is 2.49. The fourth-order valence-electron chi connectivity index (χ4n) is 1.90. The molecule has 0 saturated carbocycles. The molecule has 0 heterocycles. The van der Waals surface area contributed by atoms with Crippen LogP contribution in [0.15, 0.2) is 46.9 Å². The fourth-order valence-corrected chi connectivity index (χ4v) is 2.35. The Kier molecular flexibility index (Phi) is 5.75. The second kappa shape index (κ2) is 7.56. The van der Waals surface area contributed by atoms with Crippen molar-refractivity contribution in [2.45, 2.75) is 19.8 Å². The van der Waals surface area contributed by atoms with Gasteiger partial charge < -0.3 is 5.32 Å². The standard InChI is InChI=1S/C17H15BrClNO2/c1-11-2-7-14(10-15(11)19)20-17(22)9-8-16(21)12-3-5-13(18)6-4-12/h2-7,10H,8-9H2,1H3,(H,20,22). The van der Waals surface area contributed by atoms with Crippen LogP contribution in [-0.2, 0) is 4.79 Å². The highest BCUT2D eigenvalue weighted by atomic mass is 79.9. The molecule has 0 saturated heterocycles. The SMILES string of the molecule is Cc1ccc(NC(=O)CCC(=O)c2ccc(Br)cc2)cc1Cl. The molecule has 0 radical (unpaired) electrons. The lowest BCUT2D eigenvalue weighted by atomic mass is 10.1. The molecular weight excluding hydrogens is 366 g/mol. The van der Waals surface area contributed by atoms with Gasteiger partial charge in [0.05, 0.1) is 0 Å². The molecule has 2 aromatic rings. The van der Waals surface area contributed by atoms with Crippen molar-refractivity contribution in [3.8, 4) is 0 Å². The van der Waals surface area contributed by atoms with E-state index in [1.807, 2.05) is 25.1 Å². The molecule has 0 unspecified atom stereocenters. The maximum Gasteiger partial charge on any atom is 0.224 e. The zero-order valence-corrected chi connectivity index (χ0v) is 14.4. The first-order chi connectivity index (χ1) is 10.5. The van der Waals surface area contributed by atoms with Crippen molar-refractivity contribution in [3.63, 3.8) is 0 Å². The van der Waals surface area contributed by atoms with Gasteiger partial charge in [-0.1, -0.05) is 45.7 Å². The van der Waals surface area contributed by atoms with Crippen LogP contribution >= 0.6 is 27.5 Å². The Bertz CT molecular complexity index is 698. The van der Waals surface area contributed by atoms with Gasteiger partial charge in [0.2, 0.25) is 5.91 Å². The molecule has 0 bridgehead atoms. The van der Waals surface area contributed by atoms with E-state index in [0.29, 0.717) is 16.3 Å². The minimum absolute atomic E-state index is 0.0513. The van der Waals surface area contributed by atoms with Crippen LogP contribution in [0.4, 0.5) is 5.69 Å². The average molecular weight is 381 g/mol. The molecule has 5 heteroatoms. The monoisotopic (exact) mass is 379 g/mol. The van der Waals surface area contributed by atoms with E-state index in [0.717, 1.165) is 10.0 Å². The third kappa shape index (κ3) is 4.68. The molecule has 3 nitrogen and oxygen atoms in total. The van der Waals surface area contributed by atoms with Crippen LogP contribution < -0.4 is 5.32 Å². The Morgan fingerprint density at radius 2 is 1.77 bits per heavy atom. The summed E-state index contributed by atoms with van der Waals surface area (Å²) in [7, 11) is 0. The Balaban J connectivity index is 1.88. The van der Waals surface area contributed by atoms with Crippen LogP contribution in [0.1, 0.15) is 28.8 Å². The minimum atomic E-state index is -0.203. The summed E-state index contributed by atoms with van der Waals surface area (Å²) in [6.45, 7) is 1.89. The number of Topliss-reactive ketones (excluding diaryl/α,β-unsaturated/α-hetero) is 1. The van der Waals surface area contributed by atoms with Gasteiger partial charge in [-0.05, 0) is 36.8 Å². The number of hydrogen-bond donors (Lipinski definition) is 1. The first-order valence-corrected chi connectivity index (χ1v) is 7.97. The highest BCUT2D eigenvalue weighted by Crippen LogP contribution is 2.20. The summed E-state index contributed by atoms with van der Waals surface area (Å²) in [6.07, 6.45) is 0.313. The van der Waals surface area contributed by atoms with E-state index >= 15 is 0 Å². The highest BCUT2D eigenvalue weighted by Gasteiger charge is 2.10. The van der Waals surface area contributed by atoms with Crippen molar-refractivity contribution < 1.29 is 9.59 Å². The number of amides is 1. The lowest BCUT2D eigenvalue weighted by molar-refractivity contribution is -0.116. The first kappa shape index (κ1) is 16.7. The molecule has 0 aliphatic heterocycles. The lowest BCUT2D eigenvalue weighted by Crippen LogP contribution is -2.13. The van der Waals surface area contributed by atoms with Crippen LogP contribution in [0, 0.1) is 6.92 Å². The summed E-state index contributed by atoms with van der Waals surface area (Å²) in [4.78, 5) is 23.9. The summed E-state index contributed by atoms with van der Waals surface area (Å²) in [5.74, 6) is -0.255. The van der Waals surface area contributed by atoms with Gasteiger partial charge in [0.1, 0.15) is 0 Å². The molecule has 2 aromatic carbocycles. The van der Waals surface area contributed by atoms with Gasteiger partial charge >= 0.3 is 0 Å². The van der Waals surface area contributed by atoms with Crippen LogP contribution in [0.25, 0.3) is 0 Å². The molecule has 2 rings (SSSR count). The Morgan fingerprint density at radius 3 is 2.41 bits per heavy atom. The van der Waals surface area contributed by atoms with E-state index in [-0.39, 0.29) is 24.5 Å². The predicted molar refractivity (Wildman–Crippen MR) is 92.5 cm³/mol. The molecule has 1 N–H and O–H groups in total. The fraction of sp³-hybridized carbons (Fsp3) is 0.176. The summed E-state index contributed by atoms with van der Waals surface area (Å²) >= 11 is 9.33. The second-order valence-electron chi connectivity index (χ2n) is 4.94. The zero-order chi connectivity index (χ0) is 16.1. The summed E-state index contributed by atoms with van der Waals surface area (Å²) in [5, 5.41) is 3.34. The number of nitrogens with one attached hydrogen (secondary N) is 1. The van der Waals surface area contributed by atoms with Crippen molar-refractivity contribution >= 4 is 44.9 Å². The Morgan fingerprint density at radius 1 is 1.09 bits per heavy atom. The van der Waals surface area contributed by atoms with E-state index in [2.05, 4.69) is 21.2 Å². The minimum Gasteiger partial charge on any atom is -0.326 e. The molecule has 0 spiro atoms. The number of rotatable bonds is 5. The Labute approximate surface area is 142 Å². The molecule has 0 fully saturated rings. The number of carbonyl (C=O) groups is 2. The third-order valence-corrected chi connectivity index (χ3v) is 4.14. The third-order valence-electron chi connectivity index (χ3n) is 3.20. The summed E-state index contributed by atoms with van der Waals surface area (Å²) in [5.41, 5.74) is 2.19. The topological polar surface area (TPSA) is 46.2 Å². The van der Waals surface area contributed by atoms with Crippen molar-refractivity contribution in [2.75, 3.05) is 5.32 Å². The van der Waals surface area contributed by atoms with Gasteiger partial charge in [-0.15, -0.1) is 0 Å². The van der Waals surface area contributed by atoms with Gasteiger partial charge in [0.25, 0.3) is 0 Å². The summed E-state index contributed by atoms with van der Waals surface area (Å²) in [6, 6.07) is 12.4. The molecular formula is C17H15BrClNO2. The van der Waals surface area contributed by atoms with Crippen molar-refractivity contribution in [3.05, 3.63) is 63.1 Å². The smallest absolute Gasteiger partial charge is 0.224 e. The van der Waals surface area contributed by atoms with Gasteiger partial charge in [-0.3, -0.25) is 9.59 Å². The highest BCUT2D eigenvalue weighted by molar-refractivity contribution is 9.10. The summed E-state index contributed by atoms with van der Waals surface area (Å²) < 4.78 is 0.915. The van der Waals surface area contributed by atoms with Crippen LogP contribution in [0.2, 0.25) is 5.02 Å². The second-order valence-corrected chi connectivity index (χ2v) is 6.27. The van der Waals surface area contributed by atoms with Crippen molar-refractivity contribution in [2.24, 2.45) is 0 Å². The van der Waals surface area contributed by atoms with Gasteiger partial charge in [-0.2, -0.15) is 0 Å². The number of aryl methyl sites for hydroxylation is 1. The number of halogens is 2.